The predicted molar refractivity (Wildman–Crippen MR) is 73.9 cm³/mol. The first-order valence-electron chi connectivity index (χ1n) is 5.78. The Morgan fingerprint density at radius 2 is 2.11 bits per heavy atom. The second-order valence-corrected chi connectivity index (χ2v) is 7.33. The minimum Gasteiger partial charge on any atom is -0.384 e. The van der Waals surface area contributed by atoms with Gasteiger partial charge in [-0.15, -0.1) is 0 Å². The number of pyridine rings is 1. The summed E-state index contributed by atoms with van der Waals surface area (Å²) in [5, 5.41) is 0.568. The van der Waals surface area contributed by atoms with E-state index in [9.17, 15) is 8.42 Å². The number of thioether (sulfide) groups is 1. The molecule has 18 heavy (non-hydrogen) atoms. The Morgan fingerprint density at radius 1 is 1.44 bits per heavy atom. The first-order valence-corrected chi connectivity index (χ1v) is 8.51. The Kier molecular flexibility index (Phi) is 4.14. The van der Waals surface area contributed by atoms with E-state index in [4.69, 9.17) is 5.73 Å². The number of rotatable bonds is 3. The normalized spacial score (nSPS) is 18.9. The van der Waals surface area contributed by atoms with Crippen LogP contribution in [0.2, 0.25) is 0 Å². The quantitative estimate of drug-likeness (QED) is 0.903. The lowest BCUT2D eigenvalue weighted by molar-refractivity contribution is 0.352. The van der Waals surface area contributed by atoms with Crippen molar-refractivity contribution < 1.29 is 8.42 Å². The smallest absolute Gasteiger partial charge is 0.243 e. The second kappa shape index (κ2) is 5.46. The van der Waals surface area contributed by atoms with E-state index >= 15 is 0 Å². The Labute approximate surface area is 112 Å². The molecule has 5 nitrogen and oxygen atoms in total. The summed E-state index contributed by atoms with van der Waals surface area (Å²) in [5.74, 6) is 0.232. The van der Waals surface area contributed by atoms with Gasteiger partial charge in [-0.05, 0) is 25.2 Å². The van der Waals surface area contributed by atoms with Crippen LogP contribution < -0.4 is 5.73 Å². The summed E-state index contributed by atoms with van der Waals surface area (Å²) in [6, 6.07) is 2.91. The summed E-state index contributed by atoms with van der Waals surface area (Å²) in [7, 11) is -3.41. The van der Waals surface area contributed by atoms with Gasteiger partial charge in [0, 0.05) is 30.6 Å². The van der Waals surface area contributed by atoms with Gasteiger partial charge >= 0.3 is 0 Å². The highest BCUT2D eigenvalue weighted by molar-refractivity contribution is 7.99. The summed E-state index contributed by atoms with van der Waals surface area (Å²) in [6.07, 6.45) is 5.30. The van der Waals surface area contributed by atoms with Crippen molar-refractivity contribution in [2.24, 2.45) is 0 Å². The van der Waals surface area contributed by atoms with E-state index in [2.05, 4.69) is 11.2 Å². The lowest BCUT2D eigenvalue weighted by atomic mass is 10.2. The molecule has 0 amide bonds. The molecule has 0 aliphatic carbocycles. The molecule has 0 radical (unpaired) electrons. The van der Waals surface area contributed by atoms with Gasteiger partial charge in [0.2, 0.25) is 10.0 Å². The van der Waals surface area contributed by atoms with Crippen molar-refractivity contribution >= 4 is 27.6 Å². The molecule has 0 spiro atoms. The average Bonchev–Trinajstić information content (AvgIpc) is 2.39. The van der Waals surface area contributed by atoms with E-state index in [1.54, 1.807) is 11.8 Å². The summed E-state index contributed by atoms with van der Waals surface area (Å²) in [4.78, 5) is 4.05. The number of nitrogens with two attached hydrogens (primary N) is 1. The van der Waals surface area contributed by atoms with E-state index in [1.807, 2.05) is 0 Å². The van der Waals surface area contributed by atoms with Crippen LogP contribution in [0, 0.1) is 0 Å². The molecule has 7 heteroatoms. The van der Waals surface area contributed by atoms with Crippen molar-refractivity contribution in [3.05, 3.63) is 18.3 Å². The Bertz CT molecular complexity index is 511. The molecule has 1 aliphatic heterocycles. The zero-order valence-corrected chi connectivity index (χ0v) is 11.9. The maximum Gasteiger partial charge on any atom is 0.243 e. The molecule has 0 unspecified atom stereocenters. The molecule has 0 aromatic carbocycles. The molecular weight excluding hydrogens is 270 g/mol. The highest BCUT2D eigenvalue weighted by Gasteiger charge is 2.29. The molecule has 0 saturated carbocycles. The minimum atomic E-state index is -3.41. The van der Waals surface area contributed by atoms with E-state index in [1.165, 1.54) is 22.6 Å². The van der Waals surface area contributed by atoms with Gasteiger partial charge in [-0.2, -0.15) is 16.1 Å². The van der Waals surface area contributed by atoms with Crippen LogP contribution in [0.5, 0.6) is 0 Å². The van der Waals surface area contributed by atoms with E-state index in [0.717, 1.165) is 12.8 Å². The number of aromatic nitrogens is 1. The Hall–Kier alpha value is -0.790. The van der Waals surface area contributed by atoms with Crippen molar-refractivity contribution in [2.45, 2.75) is 23.0 Å². The molecule has 1 aromatic heterocycles. The van der Waals surface area contributed by atoms with Crippen LogP contribution in [-0.4, -0.2) is 42.3 Å². The number of sulfonamides is 1. The summed E-state index contributed by atoms with van der Waals surface area (Å²) in [6.45, 7) is 1.16. The van der Waals surface area contributed by atoms with Gasteiger partial charge in [-0.3, -0.25) is 0 Å². The monoisotopic (exact) mass is 287 g/mol. The average molecular weight is 287 g/mol. The topological polar surface area (TPSA) is 76.3 Å². The Balaban J connectivity index is 2.17. The standard InChI is InChI=1S/C11H17N3O2S2/c1-17-9-3-6-14(7-4-9)18(15,16)10-2-5-13-11(12)8-10/h2,5,8-9H,3-4,6-7H2,1H3,(H2,12,13). The van der Waals surface area contributed by atoms with Gasteiger partial charge in [0.05, 0.1) is 4.90 Å². The maximum absolute atomic E-state index is 12.4. The summed E-state index contributed by atoms with van der Waals surface area (Å²) < 4.78 is 26.3. The molecular formula is C11H17N3O2S2. The van der Waals surface area contributed by atoms with Crippen molar-refractivity contribution in [2.75, 3.05) is 25.1 Å². The van der Waals surface area contributed by atoms with Gasteiger partial charge in [0.1, 0.15) is 5.82 Å². The molecule has 1 aliphatic rings. The Morgan fingerprint density at radius 3 is 2.67 bits per heavy atom. The number of hydrogen-bond donors (Lipinski definition) is 1. The molecule has 0 bridgehead atoms. The number of nitrogens with zero attached hydrogens (tertiary/aromatic N) is 2. The molecule has 2 heterocycles. The summed E-state index contributed by atoms with van der Waals surface area (Å²) in [5.41, 5.74) is 5.53. The summed E-state index contributed by atoms with van der Waals surface area (Å²) >= 11 is 1.81. The largest absolute Gasteiger partial charge is 0.384 e. The first kappa shape index (κ1) is 13.6. The maximum atomic E-state index is 12.4. The van der Waals surface area contributed by atoms with Crippen LogP contribution in [0.4, 0.5) is 5.82 Å². The van der Waals surface area contributed by atoms with Crippen molar-refractivity contribution in [1.29, 1.82) is 0 Å². The molecule has 100 valence electrons. The highest BCUT2D eigenvalue weighted by Crippen LogP contribution is 2.25. The van der Waals surface area contributed by atoms with Crippen molar-refractivity contribution in [3.63, 3.8) is 0 Å². The van der Waals surface area contributed by atoms with E-state index in [-0.39, 0.29) is 10.7 Å². The lowest BCUT2D eigenvalue weighted by Gasteiger charge is -2.30. The zero-order chi connectivity index (χ0) is 13.2. The third kappa shape index (κ3) is 2.78. The lowest BCUT2D eigenvalue weighted by Crippen LogP contribution is -2.39. The third-order valence-electron chi connectivity index (χ3n) is 3.12. The second-order valence-electron chi connectivity index (χ2n) is 4.26. The number of anilines is 1. The first-order chi connectivity index (χ1) is 8.54. The van der Waals surface area contributed by atoms with Gasteiger partial charge in [0.15, 0.2) is 0 Å². The number of piperidine rings is 1. The van der Waals surface area contributed by atoms with Gasteiger partial charge in [0.25, 0.3) is 0 Å². The van der Waals surface area contributed by atoms with Gasteiger partial charge < -0.3 is 5.73 Å². The number of hydrogen-bond acceptors (Lipinski definition) is 5. The fourth-order valence-corrected chi connectivity index (χ4v) is 4.22. The highest BCUT2D eigenvalue weighted by atomic mass is 32.2. The van der Waals surface area contributed by atoms with Crippen LogP contribution in [0.15, 0.2) is 23.2 Å². The van der Waals surface area contributed by atoms with Gasteiger partial charge in [-0.1, -0.05) is 0 Å². The zero-order valence-electron chi connectivity index (χ0n) is 10.2. The molecule has 0 atom stereocenters. The molecule has 1 fully saturated rings. The minimum absolute atomic E-state index is 0.232. The fourth-order valence-electron chi connectivity index (χ4n) is 2.05. The molecule has 1 aromatic rings. The van der Waals surface area contributed by atoms with Crippen LogP contribution in [0.1, 0.15) is 12.8 Å². The molecule has 2 N–H and O–H groups in total. The van der Waals surface area contributed by atoms with Crippen LogP contribution in [0.25, 0.3) is 0 Å². The molecule has 1 saturated heterocycles. The number of nitrogen functional groups attached to an aromatic ring is 1. The van der Waals surface area contributed by atoms with Crippen LogP contribution in [-0.2, 0) is 10.0 Å². The fraction of sp³-hybridized carbons (Fsp3) is 0.545. The van der Waals surface area contributed by atoms with Crippen molar-refractivity contribution in [3.8, 4) is 0 Å². The van der Waals surface area contributed by atoms with E-state index < -0.39 is 10.0 Å². The third-order valence-corrected chi connectivity index (χ3v) is 6.16. The van der Waals surface area contributed by atoms with Crippen molar-refractivity contribution in [1.82, 2.24) is 9.29 Å². The SMILES string of the molecule is CSC1CCN(S(=O)(=O)c2ccnc(N)c2)CC1. The van der Waals surface area contributed by atoms with Crippen LogP contribution in [0.3, 0.4) is 0 Å². The molecule has 2 rings (SSSR count). The van der Waals surface area contributed by atoms with Gasteiger partial charge in [-0.25, -0.2) is 13.4 Å². The predicted octanol–water partition coefficient (Wildman–Crippen LogP) is 1.18. The van der Waals surface area contributed by atoms with Crippen LogP contribution >= 0.6 is 11.8 Å². The van der Waals surface area contributed by atoms with E-state index in [0.29, 0.717) is 18.3 Å².